The molecule has 0 aliphatic heterocycles. The molecule has 0 aliphatic carbocycles. The van der Waals surface area contributed by atoms with Gasteiger partial charge in [0.1, 0.15) is 0 Å². The number of carboxylic acid groups (broad SMARTS) is 1. The molecule has 0 spiro atoms. The minimum absolute atomic E-state index is 0.0574. The molecule has 0 radical (unpaired) electrons. The van der Waals surface area contributed by atoms with Crippen LogP contribution in [0.3, 0.4) is 0 Å². The fraction of sp³-hybridized carbons (Fsp3) is 0.462. The van der Waals surface area contributed by atoms with Crippen LogP contribution in [-0.4, -0.2) is 30.8 Å². The zero-order valence-electron chi connectivity index (χ0n) is 10.9. The summed E-state index contributed by atoms with van der Waals surface area (Å²) in [6.07, 6.45) is 1.59. The molecule has 0 aliphatic rings. The Bertz CT molecular complexity index is 446. The van der Waals surface area contributed by atoms with Gasteiger partial charge in [0.15, 0.2) is 11.6 Å². The van der Waals surface area contributed by atoms with Crippen molar-refractivity contribution in [3.05, 3.63) is 29.3 Å². The van der Waals surface area contributed by atoms with Gasteiger partial charge in [-0.25, -0.2) is 13.6 Å². The number of nitrogens with one attached hydrogen (secondary N) is 1. The average Bonchev–Trinajstić information content (AvgIpc) is 2.35. The van der Waals surface area contributed by atoms with E-state index in [9.17, 15) is 13.6 Å². The number of aromatic carboxylic acids is 1. The third-order valence-electron chi connectivity index (χ3n) is 2.68. The molecule has 0 bridgehead atoms. The lowest BCUT2D eigenvalue weighted by Gasteiger charge is -2.19. The first-order valence-electron chi connectivity index (χ1n) is 5.98. The Kier molecular flexibility index (Phi) is 5.69. The smallest absolute Gasteiger partial charge is 0.338 e. The summed E-state index contributed by atoms with van der Waals surface area (Å²) >= 11 is 0. The fourth-order valence-corrected chi connectivity index (χ4v) is 1.79. The van der Waals surface area contributed by atoms with Gasteiger partial charge in [-0.15, -0.1) is 0 Å². The second-order valence-electron chi connectivity index (χ2n) is 4.18. The van der Waals surface area contributed by atoms with E-state index in [-0.39, 0.29) is 11.7 Å². The van der Waals surface area contributed by atoms with E-state index in [0.29, 0.717) is 6.61 Å². The number of halogens is 2. The molecule has 19 heavy (non-hydrogen) atoms. The molecule has 0 heterocycles. The number of carbonyl (C=O) groups is 1. The second kappa shape index (κ2) is 7.04. The van der Waals surface area contributed by atoms with Crippen LogP contribution in [0.25, 0.3) is 0 Å². The fourth-order valence-electron chi connectivity index (χ4n) is 1.79. The Labute approximate surface area is 110 Å². The van der Waals surface area contributed by atoms with E-state index in [4.69, 9.17) is 9.84 Å². The van der Waals surface area contributed by atoms with E-state index in [1.54, 1.807) is 0 Å². The summed E-state index contributed by atoms with van der Waals surface area (Å²) in [5.41, 5.74) is -0.736. The normalized spacial score (nSPS) is 12.2. The number of carboxylic acids is 1. The number of hydrogen-bond acceptors (Lipinski definition) is 3. The highest BCUT2D eigenvalue weighted by molar-refractivity contribution is 5.88. The van der Waals surface area contributed by atoms with Crippen molar-refractivity contribution in [2.45, 2.75) is 25.8 Å². The zero-order chi connectivity index (χ0) is 14.4. The number of rotatable bonds is 7. The number of methoxy groups -OCH3 is 1. The van der Waals surface area contributed by atoms with Crippen LogP contribution in [0, 0.1) is 11.6 Å². The number of benzene rings is 1. The quantitative estimate of drug-likeness (QED) is 0.802. The Balaban J connectivity index is 2.95. The summed E-state index contributed by atoms with van der Waals surface area (Å²) in [5, 5.41) is 11.5. The SMILES string of the molecule is CCCC(COC)Nc1ccc(C(=O)O)c(F)c1F. The van der Waals surface area contributed by atoms with E-state index in [1.165, 1.54) is 13.2 Å². The highest BCUT2D eigenvalue weighted by Crippen LogP contribution is 2.22. The monoisotopic (exact) mass is 273 g/mol. The molecule has 1 aromatic rings. The average molecular weight is 273 g/mol. The standard InChI is InChI=1S/C13H17F2NO3/c1-3-4-8(7-19-2)16-10-6-5-9(13(17)18)11(14)12(10)15/h5-6,8,16H,3-4,7H2,1-2H3,(H,17,18). The molecule has 0 saturated carbocycles. The number of hydrogen-bond donors (Lipinski definition) is 2. The molecule has 0 aromatic heterocycles. The summed E-state index contributed by atoms with van der Waals surface area (Å²) in [4.78, 5) is 10.7. The van der Waals surface area contributed by atoms with Crippen molar-refractivity contribution in [3.63, 3.8) is 0 Å². The van der Waals surface area contributed by atoms with Crippen molar-refractivity contribution in [2.75, 3.05) is 19.0 Å². The van der Waals surface area contributed by atoms with Gasteiger partial charge in [-0.3, -0.25) is 0 Å². The third-order valence-corrected chi connectivity index (χ3v) is 2.68. The summed E-state index contributed by atoms with van der Waals surface area (Å²) < 4.78 is 32.2. The first kappa shape index (κ1) is 15.4. The molecule has 1 atom stereocenters. The van der Waals surface area contributed by atoms with Crippen molar-refractivity contribution >= 4 is 11.7 Å². The lowest BCUT2D eigenvalue weighted by atomic mass is 10.1. The van der Waals surface area contributed by atoms with Crippen molar-refractivity contribution < 1.29 is 23.4 Å². The van der Waals surface area contributed by atoms with E-state index >= 15 is 0 Å². The Hall–Kier alpha value is -1.69. The van der Waals surface area contributed by atoms with Crippen LogP contribution in [0.1, 0.15) is 30.1 Å². The molecular formula is C13H17F2NO3. The Morgan fingerprint density at radius 2 is 2.11 bits per heavy atom. The van der Waals surface area contributed by atoms with E-state index in [1.807, 2.05) is 6.92 Å². The van der Waals surface area contributed by atoms with Crippen molar-refractivity contribution in [2.24, 2.45) is 0 Å². The second-order valence-corrected chi connectivity index (χ2v) is 4.18. The first-order chi connectivity index (χ1) is 9.01. The van der Waals surface area contributed by atoms with Gasteiger partial charge in [0.25, 0.3) is 0 Å². The lowest BCUT2D eigenvalue weighted by molar-refractivity contribution is 0.0690. The Morgan fingerprint density at radius 3 is 2.63 bits per heavy atom. The van der Waals surface area contributed by atoms with Gasteiger partial charge in [-0.05, 0) is 18.6 Å². The van der Waals surface area contributed by atoms with Crippen LogP contribution >= 0.6 is 0 Å². The maximum Gasteiger partial charge on any atom is 0.338 e. The summed E-state index contributed by atoms with van der Waals surface area (Å²) in [5.74, 6) is -4.03. The first-order valence-corrected chi connectivity index (χ1v) is 5.98. The Morgan fingerprint density at radius 1 is 1.42 bits per heavy atom. The van der Waals surface area contributed by atoms with Crippen LogP contribution < -0.4 is 5.32 Å². The highest BCUT2D eigenvalue weighted by atomic mass is 19.2. The van der Waals surface area contributed by atoms with Gasteiger partial charge >= 0.3 is 5.97 Å². The van der Waals surface area contributed by atoms with E-state index < -0.39 is 23.2 Å². The molecule has 0 fully saturated rings. The third kappa shape index (κ3) is 3.89. The van der Waals surface area contributed by atoms with Gasteiger partial charge in [0.05, 0.1) is 17.9 Å². The van der Waals surface area contributed by atoms with Gasteiger partial charge in [-0.1, -0.05) is 13.3 Å². The minimum atomic E-state index is -1.50. The van der Waals surface area contributed by atoms with Gasteiger partial charge < -0.3 is 15.2 Å². The molecule has 2 N–H and O–H groups in total. The zero-order valence-corrected chi connectivity index (χ0v) is 10.9. The van der Waals surface area contributed by atoms with Gasteiger partial charge in [0, 0.05) is 13.2 Å². The minimum Gasteiger partial charge on any atom is -0.478 e. The van der Waals surface area contributed by atoms with Gasteiger partial charge in [-0.2, -0.15) is 0 Å². The summed E-state index contributed by atoms with van der Waals surface area (Å²) in [6, 6.07) is 2.11. The molecule has 1 rings (SSSR count). The summed E-state index contributed by atoms with van der Waals surface area (Å²) in [7, 11) is 1.52. The maximum atomic E-state index is 13.7. The maximum absolute atomic E-state index is 13.7. The van der Waals surface area contributed by atoms with Crippen LogP contribution in [0.4, 0.5) is 14.5 Å². The molecule has 1 aromatic carbocycles. The lowest BCUT2D eigenvalue weighted by Crippen LogP contribution is -2.25. The molecule has 4 nitrogen and oxygen atoms in total. The predicted octanol–water partition coefficient (Wildman–Crippen LogP) is 2.89. The largest absolute Gasteiger partial charge is 0.478 e. The topological polar surface area (TPSA) is 58.6 Å². The predicted molar refractivity (Wildman–Crippen MR) is 67.5 cm³/mol. The molecule has 1 unspecified atom stereocenters. The highest BCUT2D eigenvalue weighted by Gasteiger charge is 2.19. The summed E-state index contributed by atoms with van der Waals surface area (Å²) in [6.45, 7) is 2.32. The molecule has 0 saturated heterocycles. The van der Waals surface area contributed by atoms with Crippen molar-refractivity contribution in [1.29, 1.82) is 0 Å². The van der Waals surface area contributed by atoms with Crippen molar-refractivity contribution in [1.82, 2.24) is 0 Å². The van der Waals surface area contributed by atoms with Crippen molar-refractivity contribution in [3.8, 4) is 0 Å². The van der Waals surface area contributed by atoms with Crippen LogP contribution in [0.15, 0.2) is 12.1 Å². The number of ether oxygens (including phenoxy) is 1. The number of anilines is 1. The molecule has 6 heteroatoms. The molecule has 0 amide bonds. The van der Waals surface area contributed by atoms with Crippen LogP contribution in [-0.2, 0) is 4.74 Å². The van der Waals surface area contributed by atoms with Gasteiger partial charge in [0.2, 0.25) is 0 Å². The van der Waals surface area contributed by atoms with E-state index in [0.717, 1.165) is 18.9 Å². The van der Waals surface area contributed by atoms with Crippen LogP contribution in [0.5, 0.6) is 0 Å². The van der Waals surface area contributed by atoms with E-state index in [2.05, 4.69) is 5.32 Å². The molecule has 106 valence electrons. The molecular weight excluding hydrogens is 256 g/mol. The van der Waals surface area contributed by atoms with Crippen LogP contribution in [0.2, 0.25) is 0 Å².